The number of hydrogen-bond donors (Lipinski definition) is 2. The summed E-state index contributed by atoms with van der Waals surface area (Å²) in [6, 6.07) is 12.3. The van der Waals surface area contributed by atoms with E-state index in [1.807, 2.05) is 19.1 Å². The zero-order chi connectivity index (χ0) is 21.0. The van der Waals surface area contributed by atoms with Gasteiger partial charge in [-0.3, -0.25) is 4.79 Å². The number of carbonyl (C=O) groups excluding carboxylic acids is 1. The number of nitrogens with one attached hydrogen (secondary N) is 1. The molecular weight excluding hydrogens is 410 g/mol. The molecule has 0 aliphatic rings. The van der Waals surface area contributed by atoms with E-state index in [9.17, 15) is 9.35 Å². The smallest absolute Gasteiger partial charge is 0.228 e. The largest absolute Gasteiger partial charge is 0.593 e. The number of nitriles is 1. The molecule has 7 nitrogen and oxygen atoms in total. The van der Waals surface area contributed by atoms with Crippen molar-refractivity contribution >= 4 is 34.6 Å². The molecule has 3 N–H and O–H groups in total. The Morgan fingerprint density at radius 3 is 2.79 bits per heavy atom. The predicted molar refractivity (Wildman–Crippen MR) is 112 cm³/mol. The summed E-state index contributed by atoms with van der Waals surface area (Å²) in [5.41, 5.74) is 3.20. The molecule has 0 radical (unpaired) electrons. The number of nitrogens with zero attached hydrogens (tertiary/aromatic N) is 3. The van der Waals surface area contributed by atoms with E-state index in [2.05, 4.69) is 10.4 Å². The van der Waals surface area contributed by atoms with Crippen LogP contribution >= 0.6 is 11.6 Å². The van der Waals surface area contributed by atoms with Gasteiger partial charge in [-0.15, -0.1) is 5.14 Å². The second kappa shape index (κ2) is 9.11. The topological polar surface area (TPSA) is 120 Å². The minimum Gasteiger partial charge on any atom is -0.593 e. The van der Waals surface area contributed by atoms with Crippen LogP contribution in [0.4, 0.5) is 5.69 Å². The third-order valence-corrected chi connectivity index (χ3v) is 5.31. The zero-order valence-electron chi connectivity index (χ0n) is 15.6. The fraction of sp³-hybridized carbons (Fsp3) is 0.150. The molecule has 2 aromatic carbocycles. The second-order valence-corrected chi connectivity index (χ2v) is 7.73. The van der Waals surface area contributed by atoms with Crippen LogP contribution in [0.15, 0.2) is 53.7 Å². The Kier molecular flexibility index (Phi) is 6.56. The number of halogens is 1. The maximum Gasteiger partial charge on any atom is 0.228 e. The summed E-state index contributed by atoms with van der Waals surface area (Å²) in [7, 11) is 0. The Balaban J connectivity index is 1.83. The van der Waals surface area contributed by atoms with E-state index < -0.39 is 11.4 Å². The molecule has 1 aromatic heterocycles. The van der Waals surface area contributed by atoms with E-state index in [4.69, 9.17) is 22.0 Å². The van der Waals surface area contributed by atoms with Gasteiger partial charge < -0.3 is 9.87 Å². The predicted octanol–water partition coefficient (Wildman–Crippen LogP) is 3.12. The Bertz CT molecular complexity index is 1090. The number of nitrogens with two attached hydrogens (primary N) is 1. The van der Waals surface area contributed by atoms with Crippen molar-refractivity contribution < 1.29 is 9.35 Å². The molecule has 3 aromatic rings. The Morgan fingerprint density at radius 2 is 2.14 bits per heavy atom. The summed E-state index contributed by atoms with van der Waals surface area (Å²) in [6.07, 6.45) is 3.86. The summed E-state index contributed by atoms with van der Waals surface area (Å²) in [4.78, 5) is 12.8. The van der Waals surface area contributed by atoms with Crippen molar-refractivity contribution in [2.75, 3.05) is 5.32 Å². The van der Waals surface area contributed by atoms with Gasteiger partial charge >= 0.3 is 0 Å². The van der Waals surface area contributed by atoms with Crippen LogP contribution in [0.25, 0.3) is 5.69 Å². The van der Waals surface area contributed by atoms with E-state index in [0.29, 0.717) is 22.0 Å². The molecule has 9 heteroatoms. The molecule has 0 fully saturated rings. The van der Waals surface area contributed by atoms with Gasteiger partial charge in [0, 0.05) is 23.0 Å². The van der Waals surface area contributed by atoms with Crippen molar-refractivity contribution in [1.29, 1.82) is 5.26 Å². The molecule has 3 rings (SSSR count). The summed E-state index contributed by atoms with van der Waals surface area (Å²) >= 11 is 4.24. The molecule has 0 saturated heterocycles. The molecule has 1 unspecified atom stereocenters. The first-order chi connectivity index (χ1) is 13.9. The number of aromatic nitrogens is 2. The maximum absolute atomic E-state index is 12.5. The van der Waals surface area contributed by atoms with Gasteiger partial charge in [-0.2, -0.15) is 10.4 Å². The van der Waals surface area contributed by atoms with Gasteiger partial charge in [0.15, 0.2) is 0 Å². The third kappa shape index (κ3) is 4.96. The normalized spacial score (nSPS) is 11.7. The summed E-state index contributed by atoms with van der Waals surface area (Å²) in [6.45, 7) is 2.01. The molecule has 0 saturated carbocycles. The van der Waals surface area contributed by atoms with E-state index in [1.54, 1.807) is 24.3 Å². The standard InChI is InChI=1S/C20H18ClN5O2S/c1-2-14-3-4-16(21)7-15(14)8-20(27)25-17-5-6-18(19(9-17)29(23)28)26-12-13(10-22)11-24-26/h3-7,9,11-12H,2,8,23H2,1H3,(H,25,27). The molecule has 1 heterocycles. The SMILES string of the molecule is CCc1ccc(Cl)cc1CC(=O)Nc1ccc(-n2cc(C#N)cn2)c([S+](N)[O-])c1. The van der Waals surface area contributed by atoms with Crippen LogP contribution in [0.1, 0.15) is 23.6 Å². The van der Waals surface area contributed by atoms with E-state index in [1.165, 1.54) is 23.1 Å². The summed E-state index contributed by atoms with van der Waals surface area (Å²) < 4.78 is 13.4. The number of anilines is 1. The third-order valence-electron chi connectivity index (χ3n) is 4.32. The minimum absolute atomic E-state index is 0.164. The second-order valence-electron chi connectivity index (χ2n) is 6.26. The average molecular weight is 428 g/mol. The van der Waals surface area contributed by atoms with Crippen LogP contribution in [0.3, 0.4) is 0 Å². The Labute approximate surface area is 176 Å². The lowest BCUT2D eigenvalue weighted by Crippen LogP contribution is -2.18. The van der Waals surface area contributed by atoms with Crippen LogP contribution in [0.2, 0.25) is 5.02 Å². The van der Waals surface area contributed by atoms with Crippen molar-refractivity contribution in [1.82, 2.24) is 9.78 Å². The lowest BCUT2D eigenvalue weighted by Gasteiger charge is -2.13. The molecule has 29 heavy (non-hydrogen) atoms. The lowest BCUT2D eigenvalue weighted by atomic mass is 10.0. The van der Waals surface area contributed by atoms with Crippen LogP contribution in [-0.4, -0.2) is 20.2 Å². The lowest BCUT2D eigenvalue weighted by molar-refractivity contribution is -0.115. The summed E-state index contributed by atoms with van der Waals surface area (Å²) in [5.74, 6) is -0.227. The molecule has 0 spiro atoms. The monoisotopic (exact) mass is 427 g/mol. The quantitative estimate of drug-likeness (QED) is 0.585. The van der Waals surface area contributed by atoms with Gasteiger partial charge in [-0.25, -0.2) is 4.68 Å². The van der Waals surface area contributed by atoms with Gasteiger partial charge in [-0.1, -0.05) is 24.6 Å². The van der Waals surface area contributed by atoms with Gasteiger partial charge in [-0.05, 0) is 41.8 Å². The van der Waals surface area contributed by atoms with E-state index in [0.717, 1.165) is 17.5 Å². The first-order valence-corrected chi connectivity index (χ1v) is 10.3. The highest BCUT2D eigenvalue weighted by atomic mass is 35.5. The van der Waals surface area contributed by atoms with Crippen LogP contribution < -0.4 is 10.5 Å². The van der Waals surface area contributed by atoms with Crippen LogP contribution in [-0.2, 0) is 29.0 Å². The van der Waals surface area contributed by atoms with Crippen molar-refractivity contribution in [3.05, 3.63) is 70.5 Å². The van der Waals surface area contributed by atoms with Gasteiger partial charge in [0.25, 0.3) is 0 Å². The number of amides is 1. The number of hydrogen-bond acceptors (Lipinski definition) is 5. The first-order valence-electron chi connectivity index (χ1n) is 8.73. The highest BCUT2D eigenvalue weighted by molar-refractivity contribution is 7.89. The molecular formula is C20H18ClN5O2S. The maximum atomic E-state index is 12.5. The molecule has 148 valence electrons. The fourth-order valence-corrected chi connectivity index (χ4v) is 3.74. The molecule has 1 amide bonds. The highest BCUT2D eigenvalue weighted by Crippen LogP contribution is 2.24. The number of aryl methyl sites for hydroxylation is 1. The van der Waals surface area contributed by atoms with Crippen molar-refractivity contribution in [2.24, 2.45) is 5.14 Å². The Morgan fingerprint density at radius 1 is 1.34 bits per heavy atom. The fourth-order valence-electron chi connectivity index (χ4n) is 2.94. The molecule has 0 aliphatic heterocycles. The average Bonchev–Trinajstić information content (AvgIpc) is 3.17. The minimum atomic E-state index is -1.82. The van der Waals surface area contributed by atoms with Crippen molar-refractivity contribution in [3.63, 3.8) is 0 Å². The van der Waals surface area contributed by atoms with E-state index >= 15 is 0 Å². The summed E-state index contributed by atoms with van der Waals surface area (Å²) in [5, 5.41) is 22.0. The van der Waals surface area contributed by atoms with Crippen LogP contribution in [0.5, 0.6) is 0 Å². The van der Waals surface area contributed by atoms with Crippen molar-refractivity contribution in [3.8, 4) is 11.8 Å². The van der Waals surface area contributed by atoms with Crippen LogP contribution in [0, 0.1) is 11.3 Å². The zero-order valence-corrected chi connectivity index (χ0v) is 17.1. The van der Waals surface area contributed by atoms with Gasteiger partial charge in [0.05, 0.1) is 29.5 Å². The van der Waals surface area contributed by atoms with E-state index in [-0.39, 0.29) is 17.2 Å². The molecule has 1 atom stereocenters. The van der Waals surface area contributed by atoms with Crippen molar-refractivity contribution in [2.45, 2.75) is 24.7 Å². The van der Waals surface area contributed by atoms with Gasteiger partial charge in [0.2, 0.25) is 10.8 Å². The molecule has 0 aliphatic carbocycles. The molecule has 0 bridgehead atoms. The number of carbonyl (C=O) groups is 1. The number of rotatable bonds is 6. The first kappa shape index (κ1) is 20.9. The highest BCUT2D eigenvalue weighted by Gasteiger charge is 2.18. The Hall–Kier alpha value is -2.83. The number of benzene rings is 2. The van der Waals surface area contributed by atoms with Gasteiger partial charge in [0.1, 0.15) is 11.8 Å².